The average Bonchev–Trinajstić information content (AvgIpc) is 2.14. The van der Waals surface area contributed by atoms with Crippen LogP contribution in [0.1, 0.15) is 12.5 Å². The van der Waals surface area contributed by atoms with Crippen molar-refractivity contribution >= 4 is 5.91 Å². The van der Waals surface area contributed by atoms with Crippen LogP contribution in [0.5, 0.6) is 0 Å². The molecule has 0 unspecified atom stereocenters. The van der Waals surface area contributed by atoms with Crippen molar-refractivity contribution in [2.45, 2.75) is 6.92 Å². The topological polar surface area (TPSA) is 29.1 Å². The number of hydrogen-bond acceptors (Lipinski definition) is 1. The molecule has 0 aliphatic carbocycles. The summed E-state index contributed by atoms with van der Waals surface area (Å²) in [6.07, 6.45) is 0. The van der Waals surface area contributed by atoms with Crippen molar-refractivity contribution in [1.29, 1.82) is 0 Å². The van der Waals surface area contributed by atoms with E-state index in [2.05, 4.69) is 17.2 Å². The van der Waals surface area contributed by atoms with E-state index in [0.29, 0.717) is 0 Å². The molecule has 0 saturated heterocycles. The summed E-state index contributed by atoms with van der Waals surface area (Å²) in [5.74, 6) is 3.49. The van der Waals surface area contributed by atoms with Crippen molar-refractivity contribution in [3.8, 4) is 11.8 Å². The third-order valence-electron chi connectivity index (χ3n) is 1.58. The average molecular weight is 209 g/mol. The molecule has 4 heteroatoms. The second-order valence-electron chi connectivity index (χ2n) is 2.84. The van der Waals surface area contributed by atoms with Crippen LogP contribution in [-0.2, 0) is 4.79 Å². The Morgan fingerprint density at radius 3 is 2.80 bits per heavy atom. The third-order valence-corrected chi connectivity index (χ3v) is 1.58. The van der Waals surface area contributed by atoms with Crippen molar-refractivity contribution in [3.05, 3.63) is 35.4 Å². The molecule has 1 rings (SSSR count). The molecule has 78 valence electrons. The maximum atomic E-state index is 13.0. The maximum Gasteiger partial charge on any atom is 0.217 e. The molecule has 1 amide bonds. The SMILES string of the molecule is CC(=O)NCC#Cc1ccc(F)cc1F. The highest BCUT2D eigenvalue weighted by molar-refractivity contribution is 5.73. The zero-order valence-corrected chi connectivity index (χ0v) is 8.10. The standard InChI is InChI=1S/C11H9F2NO/c1-8(15)14-6-2-3-9-4-5-10(12)7-11(9)13/h4-5,7H,6H2,1H3,(H,14,15). The molecule has 0 bridgehead atoms. The van der Waals surface area contributed by atoms with Crippen LogP contribution in [0.4, 0.5) is 8.78 Å². The fraction of sp³-hybridized carbons (Fsp3) is 0.182. The van der Waals surface area contributed by atoms with Crippen LogP contribution in [-0.4, -0.2) is 12.5 Å². The van der Waals surface area contributed by atoms with E-state index >= 15 is 0 Å². The zero-order chi connectivity index (χ0) is 11.3. The molecule has 0 heterocycles. The number of benzene rings is 1. The first-order valence-corrected chi connectivity index (χ1v) is 4.28. The van der Waals surface area contributed by atoms with Gasteiger partial charge in [0.15, 0.2) is 0 Å². The van der Waals surface area contributed by atoms with E-state index in [1.807, 2.05) is 0 Å². The molecule has 1 N–H and O–H groups in total. The summed E-state index contributed by atoms with van der Waals surface area (Å²) >= 11 is 0. The molecule has 0 aromatic heterocycles. The second kappa shape index (κ2) is 5.11. The van der Waals surface area contributed by atoms with Crippen molar-refractivity contribution < 1.29 is 13.6 Å². The minimum atomic E-state index is -0.703. The molecular formula is C11H9F2NO. The lowest BCUT2D eigenvalue weighted by Gasteiger charge is -1.94. The van der Waals surface area contributed by atoms with E-state index in [0.717, 1.165) is 12.1 Å². The lowest BCUT2D eigenvalue weighted by atomic mass is 10.2. The largest absolute Gasteiger partial charge is 0.345 e. The molecule has 1 aromatic rings. The van der Waals surface area contributed by atoms with Gasteiger partial charge in [0.1, 0.15) is 11.6 Å². The van der Waals surface area contributed by atoms with Crippen molar-refractivity contribution in [1.82, 2.24) is 5.32 Å². The van der Waals surface area contributed by atoms with Gasteiger partial charge in [-0.1, -0.05) is 11.8 Å². The summed E-state index contributed by atoms with van der Waals surface area (Å²) < 4.78 is 25.5. The van der Waals surface area contributed by atoms with E-state index in [1.165, 1.54) is 13.0 Å². The van der Waals surface area contributed by atoms with Crippen LogP contribution in [0.15, 0.2) is 18.2 Å². The van der Waals surface area contributed by atoms with E-state index in [9.17, 15) is 13.6 Å². The zero-order valence-electron chi connectivity index (χ0n) is 8.10. The first kappa shape index (κ1) is 11.2. The summed E-state index contributed by atoms with van der Waals surface area (Å²) in [4.78, 5) is 10.5. The molecule has 0 atom stereocenters. The van der Waals surface area contributed by atoms with Gasteiger partial charge in [-0.3, -0.25) is 4.79 Å². The van der Waals surface area contributed by atoms with Gasteiger partial charge in [0.2, 0.25) is 5.91 Å². The van der Waals surface area contributed by atoms with Crippen molar-refractivity contribution in [3.63, 3.8) is 0 Å². The number of amides is 1. The Hall–Kier alpha value is -1.89. The van der Waals surface area contributed by atoms with Gasteiger partial charge in [-0.2, -0.15) is 0 Å². The minimum Gasteiger partial charge on any atom is -0.345 e. The fourth-order valence-electron chi connectivity index (χ4n) is 0.899. The Labute approximate surface area is 86.3 Å². The van der Waals surface area contributed by atoms with Crippen LogP contribution in [0.3, 0.4) is 0 Å². The number of rotatable bonds is 1. The smallest absolute Gasteiger partial charge is 0.217 e. The number of carbonyl (C=O) groups excluding carboxylic acids is 1. The van der Waals surface area contributed by atoms with Gasteiger partial charge in [-0.05, 0) is 12.1 Å². The second-order valence-corrected chi connectivity index (χ2v) is 2.84. The Morgan fingerprint density at radius 2 is 2.20 bits per heavy atom. The van der Waals surface area contributed by atoms with E-state index in [1.54, 1.807) is 0 Å². The first-order chi connectivity index (χ1) is 7.09. The number of carbonyl (C=O) groups is 1. The van der Waals surface area contributed by atoms with Gasteiger partial charge >= 0.3 is 0 Å². The highest BCUT2D eigenvalue weighted by Gasteiger charge is 1.99. The number of nitrogens with one attached hydrogen (secondary N) is 1. The Kier molecular flexibility index (Phi) is 3.81. The molecule has 0 aliphatic rings. The minimum absolute atomic E-state index is 0.113. The van der Waals surface area contributed by atoms with Crippen LogP contribution in [0, 0.1) is 23.5 Å². The summed E-state index contributed by atoms with van der Waals surface area (Å²) in [5.41, 5.74) is 0.113. The monoisotopic (exact) mass is 209 g/mol. The van der Waals surface area contributed by atoms with Gasteiger partial charge in [0, 0.05) is 13.0 Å². The highest BCUT2D eigenvalue weighted by Crippen LogP contribution is 2.07. The molecule has 0 aliphatic heterocycles. The predicted molar refractivity (Wildman–Crippen MR) is 51.9 cm³/mol. The molecule has 0 saturated carbocycles. The Bertz CT molecular complexity index is 432. The van der Waals surface area contributed by atoms with Crippen molar-refractivity contribution in [2.75, 3.05) is 6.54 Å². The summed E-state index contributed by atoms with van der Waals surface area (Å²) in [6.45, 7) is 1.51. The maximum absolute atomic E-state index is 13.0. The quantitative estimate of drug-likeness (QED) is 0.697. The van der Waals surface area contributed by atoms with Crippen LogP contribution < -0.4 is 5.32 Å². The molecule has 0 spiro atoms. The summed E-state index contributed by atoms with van der Waals surface area (Å²) in [7, 11) is 0. The summed E-state index contributed by atoms with van der Waals surface area (Å²) in [5, 5.41) is 2.44. The summed E-state index contributed by atoms with van der Waals surface area (Å²) in [6, 6.07) is 3.15. The Balaban J connectivity index is 2.67. The van der Waals surface area contributed by atoms with Gasteiger partial charge in [0.25, 0.3) is 0 Å². The number of halogens is 2. The van der Waals surface area contributed by atoms with Gasteiger partial charge < -0.3 is 5.32 Å². The molecule has 0 radical (unpaired) electrons. The Morgan fingerprint density at radius 1 is 1.47 bits per heavy atom. The van der Waals surface area contributed by atoms with Crippen molar-refractivity contribution in [2.24, 2.45) is 0 Å². The third kappa shape index (κ3) is 3.77. The molecular weight excluding hydrogens is 200 g/mol. The molecule has 15 heavy (non-hydrogen) atoms. The number of hydrogen-bond donors (Lipinski definition) is 1. The van der Waals surface area contributed by atoms with Gasteiger partial charge in [-0.25, -0.2) is 8.78 Å². The van der Waals surface area contributed by atoms with Crippen LogP contribution >= 0.6 is 0 Å². The van der Waals surface area contributed by atoms with Crippen LogP contribution in [0.2, 0.25) is 0 Å². The van der Waals surface area contributed by atoms with Gasteiger partial charge in [0.05, 0.1) is 12.1 Å². The van der Waals surface area contributed by atoms with Crippen LogP contribution in [0.25, 0.3) is 0 Å². The van der Waals surface area contributed by atoms with E-state index in [-0.39, 0.29) is 18.0 Å². The fourth-order valence-corrected chi connectivity index (χ4v) is 0.899. The predicted octanol–water partition coefficient (Wildman–Crippen LogP) is 1.45. The van der Waals surface area contributed by atoms with E-state index < -0.39 is 11.6 Å². The molecule has 0 fully saturated rings. The molecule has 1 aromatic carbocycles. The normalized spacial score (nSPS) is 9.00. The van der Waals surface area contributed by atoms with Gasteiger partial charge in [-0.15, -0.1) is 0 Å². The highest BCUT2D eigenvalue weighted by atomic mass is 19.1. The van der Waals surface area contributed by atoms with E-state index in [4.69, 9.17) is 0 Å². The lowest BCUT2D eigenvalue weighted by molar-refractivity contribution is -0.118. The molecule has 2 nitrogen and oxygen atoms in total. The lowest BCUT2D eigenvalue weighted by Crippen LogP contribution is -2.19. The first-order valence-electron chi connectivity index (χ1n) is 4.28.